The molecule has 0 spiro atoms. The van der Waals surface area contributed by atoms with Gasteiger partial charge >= 0.3 is 0 Å². The van der Waals surface area contributed by atoms with Crippen LogP contribution in [0.4, 0.5) is 0 Å². The summed E-state index contributed by atoms with van der Waals surface area (Å²) in [5.41, 5.74) is 1.39. The molecule has 1 saturated heterocycles. The summed E-state index contributed by atoms with van der Waals surface area (Å²) in [6, 6.07) is 11.8. The molecule has 0 radical (unpaired) electrons. The number of benzene rings is 1. The lowest BCUT2D eigenvalue weighted by molar-refractivity contribution is 0.0539. The van der Waals surface area contributed by atoms with Gasteiger partial charge in [0.25, 0.3) is 0 Å². The van der Waals surface area contributed by atoms with Crippen LogP contribution in [0.15, 0.2) is 30.3 Å². The smallest absolute Gasteiger partial charge is 0.0593 e. The summed E-state index contributed by atoms with van der Waals surface area (Å²) in [5, 5.41) is 3.70. The summed E-state index contributed by atoms with van der Waals surface area (Å²) >= 11 is 0. The van der Waals surface area contributed by atoms with E-state index in [-0.39, 0.29) is 0 Å². The molecular weight excluding hydrogens is 248 g/mol. The molecule has 3 nitrogen and oxygen atoms in total. The first-order chi connectivity index (χ1) is 9.72. The predicted molar refractivity (Wildman–Crippen MR) is 83.9 cm³/mol. The normalized spacial score (nSPS) is 24.2. The maximum absolute atomic E-state index is 5.54. The maximum Gasteiger partial charge on any atom is 0.0593 e. The number of nitrogens with zero attached hydrogens (tertiary/aromatic N) is 1. The molecule has 3 heteroatoms. The highest BCUT2D eigenvalue weighted by molar-refractivity contribution is 5.20. The molecule has 1 heterocycles. The topological polar surface area (TPSA) is 24.5 Å². The molecule has 20 heavy (non-hydrogen) atoms. The zero-order valence-corrected chi connectivity index (χ0v) is 13.0. The van der Waals surface area contributed by atoms with Gasteiger partial charge in [0.15, 0.2) is 0 Å². The Morgan fingerprint density at radius 3 is 2.70 bits per heavy atom. The Bertz CT molecular complexity index is 380. The molecule has 1 aromatic rings. The molecule has 2 atom stereocenters. The average Bonchev–Trinajstić information content (AvgIpc) is 2.48. The third kappa shape index (κ3) is 4.05. The maximum atomic E-state index is 5.54. The van der Waals surface area contributed by atoms with Crippen LogP contribution in [0.5, 0.6) is 0 Å². The van der Waals surface area contributed by atoms with E-state index in [9.17, 15) is 0 Å². The van der Waals surface area contributed by atoms with Gasteiger partial charge in [0.1, 0.15) is 0 Å². The van der Waals surface area contributed by atoms with Crippen molar-refractivity contribution in [3.63, 3.8) is 0 Å². The number of hydrogen-bond acceptors (Lipinski definition) is 3. The van der Waals surface area contributed by atoms with Crippen molar-refractivity contribution >= 4 is 0 Å². The van der Waals surface area contributed by atoms with Crippen LogP contribution in [0.2, 0.25) is 0 Å². The van der Waals surface area contributed by atoms with Crippen LogP contribution in [0.3, 0.4) is 0 Å². The van der Waals surface area contributed by atoms with E-state index in [2.05, 4.69) is 61.3 Å². The van der Waals surface area contributed by atoms with Crippen LogP contribution in [-0.4, -0.2) is 43.8 Å². The molecule has 112 valence electrons. The molecule has 0 amide bonds. The van der Waals surface area contributed by atoms with E-state index in [4.69, 9.17) is 4.74 Å². The summed E-state index contributed by atoms with van der Waals surface area (Å²) in [5.74, 6) is 0.667. The van der Waals surface area contributed by atoms with E-state index < -0.39 is 0 Å². The van der Waals surface area contributed by atoms with Crippen molar-refractivity contribution in [2.75, 3.05) is 32.8 Å². The van der Waals surface area contributed by atoms with Gasteiger partial charge in [0.05, 0.1) is 6.61 Å². The van der Waals surface area contributed by atoms with Crippen LogP contribution >= 0.6 is 0 Å². The molecule has 0 aliphatic carbocycles. The van der Waals surface area contributed by atoms with E-state index in [1.807, 2.05) is 0 Å². The van der Waals surface area contributed by atoms with Crippen molar-refractivity contribution in [2.45, 2.75) is 32.9 Å². The zero-order valence-electron chi connectivity index (χ0n) is 13.0. The SMILES string of the molecule is CCOCCN1CC(c2ccccc2)NCC1C(C)C. The van der Waals surface area contributed by atoms with Gasteiger partial charge in [0.2, 0.25) is 0 Å². The highest BCUT2D eigenvalue weighted by Crippen LogP contribution is 2.22. The molecule has 1 aromatic carbocycles. The van der Waals surface area contributed by atoms with Crippen molar-refractivity contribution in [2.24, 2.45) is 5.92 Å². The average molecular weight is 276 g/mol. The van der Waals surface area contributed by atoms with Crippen LogP contribution in [0.1, 0.15) is 32.4 Å². The second-order valence-corrected chi connectivity index (χ2v) is 5.87. The second kappa shape index (κ2) is 7.77. The zero-order chi connectivity index (χ0) is 14.4. The molecule has 1 aliphatic heterocycles. The molecule has 1 aliphatic rings. The van der Waals surface area contributed by atoms with Gasteiger partial charge in [-0.05, 0) is 18.4 Å². The summed E-state index contributed by atoms with van der Waals surface area (Å²) in [6.07, 6.45) is 0. The Kier molecular flexibility index (Phi) is 6.02. The fourth-order valence-corrected chi connectivity index (χ4v) is 2.98. The molecule has 2 rings (SSSR count). The van der Waals surface area contributed by atoms with E-state index in [0.29, 0.717) is 18.0 Å². The number of ether oxygens (including phenoxy) is 1. The molecule has 0 aromatic heterocycles. The highest BCUT2D eigenvalue weighted by Gasteiger charge is 2.29. The summed E-state index contributed by atoms with van der Waals surface area (Å²) in [4.78, 5) is 2.59. The molecule has 0 saturated carbocycles. The number of hydrogen-bond donors (Lipinski definition) is 1. The fourth-order valence-electron chi connectivity index (χ4n) is 2.98. The van der Waals surface area contributed by atoms with E-state index in [0.717, 1.165) is 32.8 Å². The molecular formula is C17H28N2O. The Labute approximate surface area is 123 Å². The van der Waals surface area contributed by atoms with E-state index in [1.54, 1.807) is 0 Å². The first-order valence-corrected chi connectivity index (χ1v) is 7.82. The predicted octanol–water partition coefficient (Wildman–Crippen LogP) is 2.69. The van der Waals surface area contributed by atoms with Gasteiger partial charge in [-0.25, -0.2) is 0 Å². The van der Waals surface area contributed by atoms with Crippen molar-refractivity contribution in [3.05, 3.63) is 35.9 Å². The van der Waals surface area contributed by atoms with E-state index >= 15 is 0 Å². The standard InChI is InChI=1S/C17H28N2O/c1-4-20-11-10-19-13-16(15-8-6-5-7-9-15)18-12-17(19)14(2)3/h5-9,14,16-18H,4,10-13H2,1-3H3. The van der Waals surface area contributed by atoms with Crippen LogP contribution in [0.25, 0.3) is 0 Å². The molecule has 1 N–H and O–H groups in total. The van der Waals surface area contributed by atoms with Crippen molar-refractivity contribution in [3.8, 4) is 0 Å². The molecule has 0 bridgehead atoms. The third-order valence-electron chi connectivity index (χ3n) is 4.16. The van der Waals surface area contributed by atoms with Gasteiger partial charge in [-0.3, -0.25) is 4.90 Å². The molecule has 2 unspecified atom stereocenters. The number of piperazine rings is 1. The van der Waals surface area contributed by atoms with Crippen molar-refractivity contribution < 1.29 is 4.74 Å². The monoisotopic (exact) mass is 276 g/mol. The first-order valence-electron chi connectivity index (χ1n) is 7.82. The minimum absolute atomic E-state index is 0.438. The highest BCUT2D eigenvalue weighted by atomic mass is 16.5. The minimum Gasteiger partial charge on any atom is -0.380 e. The van der Waals surface area contributed by atoms with Crippen LogP contribution in [0, 0.1) is 5.92 Å². The lowest BCUT2D eigenvalue weighted by Crippen LogP contribution is -2.55. The Balaban J connectivity index is 1.99. The van der Waals surface area contributed by atoms with Crippen molar-refractivity contribution in [1.29, 1.82) is 0 Å². The number of rotatable bonds is 6. The van der Waals surface area contributed by atoms with Gasteiger partial charge < -0.3 is 10.1 Å². The third-order valence-corrected chi connectivity index (χ3v) is 4.16. The summed E-state index contributed by atoms with van der Waals surface area (Å²) < 4.78 is 5.54. The van der Waals surface area contributed by atoms with Gasteiger partial charge in [-0.2, -0.15) is 0 Å². The Morgan fingerprint density at radius 1 is 1.30 bits per heavy atom. The lowest BCUT2D eigenvalue weighted by Gasteiger charge is -2.42. The molecule has 1 fully saturated rings. The summed E-state index contributed by atoms with van der Waals surface area (Å²) in [6.45, 7) is 11.5. The summed E-state index contributed by atoms with van der Waals surface area (Å²) in [7, 11) is 0. The van der Waals surface area contributed by atoms with E-state index in [1.165, 1.54) is 5.56 Å². The van der Waals surface area contributed by atoms with Crippen LogP contribution < -0.4 is 5.32 Å². The van der Waals surface area contributed by atoms with Crippen molar-refractivity contribution in [1.82, 2.24) is 10.2 Å². The Hall–Kier alpha value is -0.900. The van der Waals surface area contributed by atoms with Crippen LogP contribution in [-0.2, 0) is 4.74 Å². The minimum atomic E-state index is 0.438. The van der Waals surface area contributed by atoms with Gasteiger partial charge in [0, 0.05) is 38.3 Å². The fraction of sp³-hybridized carbons (Fsp3) is 0.647. The Morgan fingerprint density at radius 2 is 2.05 bits per heavy atom. The first kappa shape index (κ1) is 15.5. The van der Waals surface area contributed by atoms with Gasteiger partial charge in [-0.15, -0.1) is 0 Å². The quantitative estimate of drug-likeness (QED) is 0.809. The number of nitrogens with one attached hydrogen (secondary N) is 1. The van der Waals surface area contributed by atoms with Gasteiger partial charge in [-0.1, -0.05) is 44.2 Å². The lowest BCUT2D eigenvalue weighted by atomic mass is 9.96. The second-order valence-electron chi connectivity index (χ2n) is 5.87. The largest absolute Gasteiger partial charge is 0.380 e.